The maximum Gasteiger partial charge on any atom is 0.293 e. The molecule has 1 aliphatic rings. The van der Waals surface area contributed by atoms with Gasteiger partial charge in [-0.2, -0.15) is 0 Å². The number of aromatic hydroxyl groups is 1. The molecular weight excluding hydrogens is 264 g/mol. The molecule has 0 unspecified atom stereocenters. The van der Waals surface area contributed by atoms with E-state index in [2.05, 4.69) is 4.98 Å². The number of hydrogen-bond donors (Lipinski definition) is 1. The molecule has 0 spiro atoms. The smallest absolute Gasteiger partial charge is 0.293 e. The second kappa shape index (κ2) is 4.99. The Kier molecular flexibility index (Phi) is 3.18. The van der Waals surface area contributed by atoms with E-state index >= 15 is 0 Å². The van der Waals surface area contributed by atoms with Crippen molar-refractivity contribution in [2.45, 2.75) is 6.42 Å². The first-order valence-corrected chi connectivity index (χ1v) is 6.77. The molecule has 0 atom stereocenters. The summed E-state index contributed by atoms with van der Waals surface area (Å²) in [5.74, 6) is -0.556. The predicted octanol–water partition coefficient (Wildman–Crippen LogP) is 2.29. The molecule has 2 aromatic rings. The molecule has 3 rings (SSSR count). The molecule has 1 amide bonds. The number of rotatable bonds is 2. The summed E-state index contributed by atoms with van der Waals surface area (Å²) >= 11 is 1.18. The highest BCUT2D eigenvalue weighted by atomic mass is 32.1. The molecule has 2 heterocycles. The fourth-order valence-electron chi connectivity index (χ4n) is 1.88. The van der Waals surface area contributed by atoms with Crippen LogP contribution in [0.3, 0.4) is 0 Å². The van der Waals surface area contributed by atoms with Gasteiger partial charge in [0.1, 0.15) is 5.01 Å². The van der Waals surface area contributed by atoms with Crippen molar-refractivity contribution in [2.75, 3.05) is 13.2 Å². The summed E-state index contributed by atoms with van der Waals surface area (Å²) in [6.07, 6.45) is 0.816. The topological polar surface area (TPSA) is 62.7 Å². The van der Waals surface area contributed by atoms with Crippen molar-refractivity contribution in [3.05, 3.63) is 35.2 Å². The van der Waals surface area contributed by atoms with Gasteiger partial charge in [-0.1, -0.05) is 30.3 Å². The molecule has 6 heteroatoms. The van der Waals surface area contributed by atoms with E-state index in [1.165, 1.54) is 16.4 Å². The highest BCUT2D eigenvalue weighted by Crippen LogP contribution is 2.32. The van der Waals surface area contributed by atoms with Gasteiger partial charge in [0.05, 0.1) is 13.2 Å². The summed E-state index contributed by atoms with van der Waals surface area (Å²) < 4.78 is 0. The lowest BCUT2D eigenvalue weighted by molar-refractivity contribution is -0.0766. The Labute approximate surface area is 114 Å². The standard InChI is InChI=1S/C13H12N2O3S/c16-11-10(13(17)15-7-4-8-18-15)19-12(14-11)9-5-2-1-3-6-9/h1-3,5-6,16H,4,7-8H2. The minimum absolute atomic E-state index is 0.223. The van der Waals surface area contributed by atoms with Crippen molar-refractivity contribution >= 4 is 17.2 Å². The van der Waals surface area contributed by atoms with Gasteiger partial charge >= 0.3 is 0 Å². The Bertz CT molecular complexity index is 591. The third-order valence-corrected chi connectivity index (χ3v) is 3.89. The Balaban J connectivity index is 1.91. The van der Waals surface area contributed by atoms with Gasteiger partial charge in [0.15, 0.2) is 4.88 Å². The maximum absolute atomic E-state index is 12.1. The fraction of sp³-hybridized carbons (Fsp3) is 0.231. The summed E-state index contributed by atoms with van der Waals surface area (Å²) in [5.41, 5.74) is 0.879. The molecule has 1 saturated heterocycles. The monoisotopic (exact) mass is 276 g/mol. The van der Waals surface area contributed by atoms with Crippen molar-refractivity contribution < 1.29 is 14.7 Å². The van der Waals surface area contributed by atoms with E-state index in [0.29, 0.717) is 18.2 Å². The van der Waals surface area contributed by atoms with Crippen LogP contribution in [0.1, 0.15) is 16.1 Å². The van der Waals surface area contributed by atoms with Crippen LogP contribution in [0.4, 0.5) is 0 Å². The zero-order chi connectivity index (χ0) is 13.2. The van der Waals surface area contributed by atoms with Crippen LogP contribution >= 0.6 is 11.3 Å². The lowest BCUT2D eigenvalue weighted by Crippen LogP contribution is -2.25. The molecule has 0 radical (unpaired) electrons. The number of hydrogen-bond acceptors (Lipinski definition) is 5. The van der Waals surface area contributed by atoms with Crippen molar-refractivity contribution in [1.29, 1.82) is 0 Å². The van der Waals surface area contributed by atoms with Gasteiger partial charge in [0, 0.05) is 5.56 Å². The molecule has 0 bridgehead atoms. The van der Waals surface area contributed by atoms with Gasteiger partial charge in [-0.15, -0.1) is 11.3 Å². The van der Waals surface area contributed by atoms with Crippen molar-refractivity contribution in [1.82, 2.24) is 10.0 Å². The van der Waals surface area contributed by atoms with Gasteiger partial charge in [0.25, 0.3) is 5.91 Å². The summed E-state index contributed by atoms with van der Waals surface area (Å²) in [5, 5.41) is 11.7. The number of hydroxylamine groups is 2. The van der Waals surface area contributed by atoms with Crippen LogP contribution in [0.2, 0.25) is 0 Å². The van der Waals surface area contributed by atoms with Crippen LogP contribution in [0.25, 0.3) is 10.6 Å². The number of nitrogens with zero attached hydrogens (tertiary/aromatic N) is 2. The van der Waals surface area contributed by atoms with Gasteiger partial charge in [-0.05, 0) is 6.42 Å². The summed E-state index contributed by atoms with van der Waals surface area (Å²) in [6.45, 7) is 1.09. The van der Waals surface area contributed by atoms with Gasteiger partial charge in [-0.25, -0.2) is 10.0 Å². The summed E-state index contributed by atoms with van der Waals surface area (Å²) in [7, 11) is 0. The molecule has 1 aromatic heterocycles. The van der Waals surface area contributed by atoms with E-state index in [9.17, 15) is 9.90 Å². The van der Waals surface area contributed by atoms with Crippen LogP contribution in [-0.4, -0.2) is 34.2 Å². The van der Waals surface area contributed by atoms with Gasteiger partial charge in [-0.3, -0.25) is 9.63 Å². The highest BCUT2D eigenvalue weighted by molar-refractivity contribution is 7.17. The van der Waals surface area contributed by atoms with Crippen molar-refractivity contribution in [2.24, 2.45) is 0 Å². The lowest BCUT2D eigenvalue weighted by atomic mass is 10.2. The third-order valence-electron chi connectivity index (χ3n) is 2.80. The van der Waals surface area contributed by atoms with Gasteiger partial charge in [0.2, 0.25) is 5.88 Å². The molecule has 5 nitrogen and oxygen atoms in total. The Morgan fingerprint density at radius 1 is 1.37 bits per heavy atom. The fourth-order valence-corrected chi connectivity index (χ4v) is 2.78. The zero-order valence-corrected chi connectivity index (χ0v) is 10.9. The number of amides is 1. The van der Waals surface area contributed by atoms with Crippen LogP contribution in [0.15, 0.2) is 30.3 Å². The second-order valence-corrected chi connectivity index (χ2v) is 5.13. The molecule has 1 N–H and O–H groups in total. The van der Waals surface area contributed by atoms with Crippen LogP contribution in [-0.2, 0) is 4.84 Å². The minimum atomic E-state index is -0.324. The van der Waals surface area contributed by atoms with E-state index in [-0.39, 0.29) is 16.7 Å². The first kappa shape index (κ1) is 12.1. The molecule has 1 fully saturated rings. The van der Waals surface area contributed by atoms with Gasteiger partial charge < -0.3 is 5.11 Å². The van der Waals surface area contributed by atoms with Crippen molar-refractivity contribution in [3.8, 4) is 16.5 Å². The SMILES string of the molecule is O=C(c1sc(-c2ccccc2)nc1O)N1CCCO1. The normalized spacial score (nSPS) is 14.8. The average molecular weight is 276 g/mol. The van der Waals surface area contributed by atoms with Crippen LogP contribution in [0, 0.1) is 0 Å². The first-order valence-electron chi connectivity index (χ1n) is 5.95. The van der Waals surface area contributed by atoms with E-state index in [1.807, 2.05) is 30.3 Å². The quantitative estimate of drug-likeness (QED) is 0.914. The average Bonchev–Trinajstić information content (AvgIpc) is 3.08. The van der Waals surface area contributed by atoms with Crippen LogP contribution < -0.4 is 0 Å². The molecular formula is C13H12N2O3S. The number of aromatic nitrogens is 1. The highest BCUT2D eigenvalue weighted by Gasteiger charge is 2.26. The minimum Gasteiger partial charge on any atom is -0.492 e. The molecule has 1 aliphatic heterocycles. The van der Waals surface area contributed by atoms with E-state index in [4.69, 9.17) is 4.84 Å². The molecule has 0 saturated carbocycles. The largest absolute Gasteiger partial charge is 0.492 e. The second-order valence-electron chi connectivity index (χ2n) is 4.13. The summed E-state index contributed by atoms with van der Waals surface area (Å²) in [4.78, 5) is 21.6. The number of benzene rings is 1. The Morgan fingerprint density at radius 3 is 2.84 bits per heavy atom. The predicted molar refractivity (Wildman–Crippen MR) is 70.8 cm³/mol. The number of thiazole rings is 1. The number of carbonyl (C=O) groups excluding carboxylic acids is 1. The molecule has 19 heavy (non-hydrogen) atoms. The lowest BCUT2D eigenvalue weighted by Gasteiger charge is -2.11. The van der Waals surface area contributed by atoms with E-state index < -0.39 is 0 Å². The number of carbonyl (C=O) groups is 1. The van der Waals surface area contributed by atoms with E-state index in [0.717, 1.165) is 12.0 Å². The molecule has 98 valence electrons. The Morgan fingerprint density at radius 2 is 2.16 bits per heavy atom. The Hall–Kier alpha value is -1.92. The van der Waals surface area contributed by atoms with Crippen molar-refractivity contribution in [3.63, 3.8) is 0 Å². The zero-order valence-electron chi connectivity index (χ0n) is 10.1. The third kappa shape index (κ3) is 2.32. The first-order chi connectivity index (χ1) is 9.25. The maximum atomic E-state index is 12.1. The molecule has 0 aliphatic carbocycles. The summed E-state index contributed by atoms with van der Waals surface area (Å²) in [6, 6.07) is 9.45. The van der Waals surface area contributed by atoms with Crippen LogP contribution in [0.5, 0.6) is 5.88 Å². The molecule has 1 aromatic carbocycles. The van der Waals surface area contributed by atoms with E-state index in [1.54, 1.807) is 0 Å².